The summed E-state index contributed by atoms with van der Waals surface area (Å²) in [6.07, 6.45) is 4.49. The van der Waals surface area contributed by atoms with Gasteiger partial charge in [-0.2, -0.15) is 5.10 Å². The van der Waals surface area contributed by atoms with E-state index >= 15 is 0 Å². The Labute approximate surface area is 180 Å². The summed E-state index contributed by atoms with van der Waals surface area (Å²) >= 11 is 0. The van der Waals surface area contributed by atoms with Gasteiger partial charge in [-0.3, -0.25) is 9.67 Å². The second-order valence-electron chi connectivity index (χ2n) is 7.68. The Balaban J connectivity index is 1.40. The molecule has 0 spiro atoms. The number of hydrogen-bond acceptors (Lipinski definition) is 8. The van der Waals surface area contributed by atoms with Crippen molar-refractivity contribution in [1.82, 2.24) is 34.7 Å². The van der Waals surface area contributed by atoms with E-state index < -0.39 is 0 Å². The minimum absolute atomic E-state index is 0.681. The van der Waals surface area contributed by atoms with Crippen LogP contribution in [0.5, 0.6) is 0 Å². The number of rotatable bonds is 4. The summed E-state index contributed by atoms with van der Waals surface area (Å²) in [7, 11) is 1.91. The Hall–Kier alpha value is -3.62. The average molecular weight is 416 g/mol. The molecule has 0 radical (unpaired) electrons. The van der Waals surface area contributed by atoms with Crippen molar-refractivity contribution in [2.45, 2.75) is 20.3 Å². The van der Waals surface area contributed by atoms with E-state index in [4.69, 9.17) is 9.97 Å². The third-order valence-electron chi connectivity index (χ3n) is 5.61. The predicted molar refractivity (Wildman–Crippen MR) is 120 cm³/mol. The molecule has 0 aliphatic carbocycles. The minimum Gasteiger partial charge on any atom is -0.353 e. The van der Waals surface area contributed by atoms with Gasteiger partial charge in [0.15, 0.2) is 11.5 Å². The van der Waals surface area contributed by atoms with Crippen LogP contribution in [0.4, 0.5) is 11.6 Å². The summed E-state index contributed by atoms with van der Waals surface area (Å²) in [5, 5.41) is 5.36. The molecule has 1 saturated heterocycles. The van der Waals surface area contributed by atoms with Crippen molar-refractivity contribution >= 4 is 22.7 Å². The molecule has 0 unspecified atom stereocenters. The normalized spacial score (nSPS) is 14.4. The van der Waals surface area contributed by atoms with Crippen molar-refractivity contribution in [3.8, 4) is 11.5 Å². The monoisotopic (exact) mass is 415 g/mol. The van der Waals surface area contributed by atoms with Crippen molar-refractivity contribution in [2.75, 3.05) is 36.0 Å². The van der Waals surface area contributed by atoms with Crippen molar-refractivity contribution in [3.63, 3.8) is 0 Å². The van der Waals surface area contributed by atoms with Crippen LogP contribution in [-0.4, -0.2) is 60.9 Å². The van der Waals surface area contributed by atoms with Crippen molar-refractivity contribution in [2.24, 2.45) is 7.05 Å². The van der Waals surface area contributed by atoms with Gasteiger partial charge in [0, 0.05) is 51.2 Å². The Kier molecular flexibility index (Phi) is 4.93. The Bertz CT molecular complexity index is 1210. The number of hydrogen-bond donors (Lipinski definition) is 0. The van der Waals surface area contributed by atoms with E-state index in [1.807, 2.05) is 38.4 Å². The molecule has 9 nitrogen and oxygen atoms in total. The first-order valence-electron chi connectivity index (χ1n) is 10.6. The quantitative estimate of drug-likeness (QED) is 0.502. The SMILES string of the molecule is CCc1cc(N2CCN(c3nc(C)nc4c3cnn4C)CC2)nc(-c2ccccn2)n1. The zero-order valence-electron chi connectivity index (χ0n) is 18.0. The molecule has 0 atom stereocenters. The Morgan fingerprint density at radius 1 is 0.968 bits per heavy atom. The van der Waals surface area contributed by atoms with E-state index in [-0.39, 0.29) is 0 Å². The van der Waals surface area contributed by atoms with Crippen LogP contribution in [0.2, 0.25) is 0 Å². The molecule has 0 bridgehead atoms. The first kappa shape index (κ1) is 19.3. The van der Waals surface area contributed by atoms with Gasteiger partial charge in [-0.05, 0) is 25.5 Å². The number of fused-ring (bicyclic) bond motifs is 1. The van der Waals surface area contributed by atoms with Crippen LogP contribution in [0.3, 0.4) is 0 Å². The Morgan fingerprint density at radius 3 is 2.52 bits per heavy atom. The lowest BCUT2D eigenvalue weighted by Gasteiger charge is -2.36. The average Bonchev–Trinajstić information content (AvgIpc) is 3.19. The lowest BCUT2D eigenvalue weighted by Crippen LogP contribution is -2.47. The highest BCUT2D eigenvalue weighted by atomic mass is 15.3. The number of aromatic nitrogens is 7. The van der Waals surface area contributed by atoms with E-state index in [0.717, 1.165) is 72.5 Å². The number of anilines is 2. The van der Waals surface area contributed by atoms with E-state index in [1.165, 1.54) is 0 Å². The topological polar surface area (TPSA) is 88.8 Å². The van der Waals surface area contributed by atoms with Gasteiger partial charge in [0.05, 0.1) is 11.6 Å². The van der Waals surface area contributed by atoms with Crippen LogP contribution in [0, 0.1) is 6.92 Å². The van der Waals surface area contributed by atoms with Gasteiger partial charge in [0.25, 0.3) is 0 Å². The van der Waals surface area contributed by atoms with E-state index in [9.17, 15) is 0 Å². The molecule has 0 saturated carbocycles. The van der Waals surface area contributed by atoms with Gasteiger partial charge in [-0.25, -0.2) is 19.9 Å². The van der Waals surface area contributed by atoms with Crippen LogP contribution >= 0.6 is 0 Å². The molecule has 31 heavy (non-hydrogen) atoms. The maximum absolute atomic E-state index is 4.84. The van der Waals surface area contributed by atoms with E-state index in [2.05, 4.69) is 42.8 Å². The lowest BCUT2D eigenvalue weighted by atomic mass is 10.2. The summed E-state index contributed by atoms with van der Waals surface area (Å²) in [4.78, 5) is 27.9. The van der Waals surface area contributed by atoms with Gasteiger partial charge in [-0.1, -0.05) is 13.0 Å². The molecule has 0 amide bonds. The van der Waals surface area contributed by atoms with Crippen LogP contribution in [0.1, 0.15) is 18.4 Å². The predicted octanol–water partition coefficient (Wildman–Crippen LogP) is 2.41. The van der Waals surface area contributed by atoms with Gasteiger partial charge in [0.1, 0.15) is 23.2 Å². The Morgan fingerprint density at radius 2 is 1.77 bits per heavy atom. The summed E-state index contributed by atoms with van der Waals surface area (Å²) in [5.41, 5.74) is 2.69. The maximum atomic E-state index is 4.84. The first-order chi connectivity index (χ1) is 15.1. The van der Waals surface area contributed by atoms with Crippen molar-refractivity contribution < 1.29 is 0 Å². The highest BCUT2D eigenvalue weighted by molar-refractivity contribution is 5.87. The molecule has 1 aliphatic heterocycles. The maximum Gasteiger partial charge on any atom is 0.180 e. The smallest absolute Gasteiger partial charge is 0.180 e. The van der Waals surface area contributed by atoms with E-state index in [0.29, 0.717) is 5.82 Å². The number of nitrogens with zero attached hydrogens (tertiary/aromatic N) is 9. The number of piperazine rings is 1. The fraction of sp³-hybridized carbons (Fsp3) is 0.364. The number of pyridine rings is 1. The summed E-state index contributed by atoms with van der Waals surface area (Å²) in [6.45, 7) is 7.45. The molecular weight excluding hydrogens is 390 g/mol. The van der Waals surface area contributed by atoms with Crippen molar-refractivity contribution in [3.05, 3.63) is 48.2 Å². The third-order valence-corrected chi connectivity index (χ3v) is 5.61. The molecule has 9 heteroatoms. The van der Waals surface area contributed by atoms with Gasteiger partial charge in [0.2, 0.25) is 0 Å². The highest BCUT2D eigenvalue weighted by Gasteiger charge is 2.23. The van der Waals surface area contributed by atoms with Gasteiger partial charge < -0.3 is 9.80 Å². The van der Waals surface area contributed by atoms with Gasteiger partial charge >= 0.3 is 0 Å². The summed E-state index contributed by atoms with van der Waals surface area (Å²) < 4.78 is 1.80. The molecule has 0 aromatic carbocycles. The largest absolute Gasteiger partial charge is 0.353 e. The lowest BCUT2D eigenvalue weighted by molar-refractivity contribution is 0.641. The molecule has 5 rings (SSSR count). The van der Waals surface area contributed by atoms with E-state index in [1.54, 1.807) is 10.9 Å². The molecule has 158 valence electrons. The molecule has 5 heterocycles. The summed E-state index contributed by atoms with van der Waals surface area (Å²) in [5.74, 6) is 3.36. The first-order valence-corrected chi connectivity index (χ1v) is 10.6. The molecular formula is C22H25N9. The highest BCUT2D eigenvalue weighted by Crippen LogP contribution is 2.26. The molecule has 4 aromatic heterocycles. The minimum atomic E-state index is 0.681. The van der Waals surface area contributed by atoms with Crippen LogP contribution in [0.15, 0.2) is 36.7 Å². The standard InChI is InChI=1S/C22H25N9/c1-4-16-13-19(28-20(27-16)18-7-5-6-8-23-18)30-9-11-31(12-10-30)22-17-14-24-29(3)21(17)25-15(2)26-22/h5-8,13-14H,4,9-12H2,1-3H3. The van der Waals surface area contributed by atoms with Gasteiger partial charge in [-0.15, -0.1) is 0 Å². The van der Waals surface area contributed by atoms with Crippen LogP contribution < -0.4 is 9.80 Å². The van der Waals surface area contributed by atoms with Crippen LogP contribution in [-0.2, 0) is 13.5 Å². The molecule has 1 aliphatic rings. The number of aryl methyl sites for hydroxylation is 3. The zero-order chi connectivity index (χ0) is 21.4. The fourth-order valence-corrected chi connectivity index (χ4v) is 3.94. The molecule has 1 fully saturated rings. The second kappa shape index (κ2) is 7.90. The van der Waals surface area contributed by atoms with Crippen LogP contribution in [0.25, 0.3) is 22.6 Å². The third kappa shape index (κ3) is 3.67. The summed E-state index contributed by atoms with van der Waals surface area (Å²) in [6, 6.07) is 7.91. The molecule has 0 N–H and O–H groups in total. The fourth-order valence-electron chi connectivity index (χ4n) is 3.94. The second-order valence-corrected chi connectivity index (χ2v) is 7.68. The molecule has 4 aromatic rings. The van der Waals surface area contributed by atoms with Crippen molar-refractivity contribution in [1.29, 1.82) is 0 Å². The zero-order valence-corrected chi connectivity index (χ0v) is 18.0.